The van der Waals surface area contributed by atoms with Gasteiger partial charge in [-0.25, -0.2) is 8.42 Å². The minimum atomic E-state index is -4.63. The third-order valence-corrected chi connectivity index (χ3v) is 8.91. The van der Waals surface area contributed by atoms with Crippen molar-refractivity contribution in [3.8, 4) is 5.75 Å². The van der Waals surface area contributed by atoms with Crippen molar-refractivity contribution in [2.75, 3.05) is 18.0 Å². The maximum Gasteiger partial charge on any atom is 0.273 e. The van der Waals surface area contributed by atoms with E-state index in [-0.39, 0.29) is 34.6 Å². The lowest BCUT2D eigenvalue weighted by Gasteiger charge is -2.32. The fourth-order valence-corrected chi connectivity index (χ4v) is 6.04. The molecular weight excluding hydrogens is 619 g/mol. The van der Waals surface area contributed by atoms with Crippen LogP contribution in [0.4, 0.5) is 11.4 Å². The Hall–Kier alpha value is -3.87. The van der Waals surface area contributed by atoms with Crippen LogP contribution in [0.5, 0.6) is 5.75 Å². The standard InChI is InChI=1S/C29H32Cl2N4O7S/c1-18(2)32-29(37)20(4)33(16-21-8-6-7-9-24(21)31)28(36)17-34(26-14-22(30)11-13-27(26)42-5)43(40,41)23-12-10-19(3)25(15-23)35(38)39/h6-15,18,20H,16-17H2,1-5H3,(H,32,37)/t20-/m0/s1. The molecule has 43 heavy (non-hydrogen) atoms. The average molecular weight is 652 g/mol. The number of nitro groups is 1. The number of anilines is 1. The number of carbonyl (C=O) groups excluding carboxylic acids is 2. The molecule has 11 nitrogen and oxygen atoms in total. The third-order valence-electron chi connectivity index (χ3n) is 6.55. The summed E-state index contributed by atoms with van der Waals surface area (Å²) in [5, 5.41) is 14.9. The Bertz CT molecular complexity index is 1630. The normalized spacial score (nSPS) is 12.0. The van der Waals surface area contributed by atoms with Crippen LogP contribution in [-0.4, -0.2) is 55.8 Å². The second-order valence-electron chi connectivity index (χ2n) is 9.99. The highest BCUT2D eigenvalue weighted by Crippen LogP contribution is 2.36. The molecule has 0 aliphatic carbocycles. The van der Waals surface area contributed by atoms with Crippen molar-refractivity contribution >= 4 is 56.4 Å². The van der Waals surface area contributed by atoms with Gasteiger partial charge in [0.05, 0.1) is 22.6 Å². The summed E-state index contributed by atoms with van der Waals surface area (Å²) in [5.74, 6) is -1.14. The summed E-state index contributed by atoms with van der Waals surface area (Å²) in [4.78, 5) is 38.9. The molecule has 0 aliphatic rings. The lowest BCUT2D eigenvalue weighted by molar-refractivity contribution is -0.385. The number of carbonyl (C=O) groups is 2. The second-order valence-corrected chi connectivity index (χ2v) is 12.7. The first kappa shape index (κ1) is 33.6. The molecule has 0 aromatic heterocycles. The van der Waals surface area contributed by atoms with Gasteiger partial charge in [-0.15, -0.1) is 0 Å². The topological polar surface area (TPSA) is 139 Å². The predicted molar refractivity (Wildman–Crippen MR) is 165 cm³/mol. The van der Waals surface area contributed by atoms with Crippen LogP contribution in [0.3, 0.4) is 0 Å². The molecule has 14 heteroatoms. The van der Waals surface area contributed by atoms with Crippen molar-refractivity contribution in [2.24, 2.45) is 0 Å². The Balaban J connectivity index is 2.18. The van der Waals surface area contributed by atoms with E-state index in [9.17, 15) is 28.1 Å². The van der Waals surface area contributed by atoms with Gasteiger partial charge in [-0.3, -0.25) is 24.0 Å². The summed E-state index contributed by atoms with van der Waals surface area (Å²) in [5.41, 5.74) is 0.293. The first-order valence-corrected chi connectivity index (χ1v) is 15.3. The van der Waals surface area contributed by atoms with Crippen LogP contribution < -0.4 is 14.4 Å². The maximum atomic E-state index is 14.2. The quantitative estimate of drug-likeness (QED) is 0.206. The van der Waals surface area contributed by atoms with Crippen LogP contribution in [0.1, 0.15) is 31.9 Å². The van der Waals surface area contributed by atoms with Gasteiger partial charge in [0.1, 0.15) is 18.3 Å². The Labute approximate surface area is 260 Å². The number of nitrogens with one attached hydrogen (secondary N) is 1. The first-order valence-electron chi connectivity index (χ1n) is 13.1. The zero-order valence-electron chi connectivity index (χ0n) is 24.2. The Morgan fingerprint density at radius 2 is 1.72 bits per heavy atom. The number of rotatable bonds is 12. The van der Waals surface area contributed by atoms with Gasteiger partial charge in [-0.1, -0.05) is 47.5 Å². The molecule has 3 rings (SSSR count). The van der Waals surface area contributed by atoms with Gasteiger partial charge in [0.25, 0.3) is 15.7 Å². The Morgan fingerprint density at radius 1 is 1.05 bits per heavy atom. The molecule has 0 spiro atoms. The van der Waals surface area contributed by atoms with Crippen molar-refractivity contribution in [2.45, 2.75) is 51.2 Å². The summed E-state index contributed by atoms with van der Waals surface area (Å²) in [6.45, 7) is 5.63. The Morgan fingerprint density at radius 3 is 2.33 bits per heavy atom. The molecule has 0 fully saturated rings. The highest BCUT2D eigenvalue weighted by Gasteiger charge is 2.35. The van der Waals surface area contributed by atoms with Gasteiger partial charge in [0, 0.05) is 34.3 Å². The molecular formula is C29H32Cl2N4O7S. The van der Waals surface area contributed by atoms with Gasteiger partial charge >= 0.3 is 0 Å². The maximum absolute atomic E-state index is 14.2. The molecule has 230 valence electrons. The number of nitro benzene ring substituents is 1. The van der Waals surface area contributed by atoms with E-state index in [1.165, 1.54) is 56.2 Å². The van der Waals surface area contributed by atoms with Crippen LogP contribution in [0, 0.1) is 17.0 Å². The van der Waals surface area contributed by atoms with Crippen LogP contribution >= 0.6 is 23.2 Å². The summed E-state index contributed by atoms with van der Waals surface area (Å²) in [6.07, 6.45) is 0. The monoisotopic (exact) mass is 650 g/mol. The van der Waals surface area contributed by atoms with Gasteiger partial charge in [-0.05, 0) is 63.6 Å². The van der Waals surface area contributed by atoms with Crippen LogP contribution in [-0.2, 0) is 26.2 Å². The SMILES string of the molecule is COc1ccc(Cl)cc1N(CC(=O)N(Cc1ccccc1Cl)[C@@H](C)C(=O)NC(C)C)S(=O)(=O)c1ccc(C)c([N+](=O)[O-])c1. The lowest BCUT2D eigenvalue weighted by atomic mass is 10.1. The molecule has 2 amide bonds. The molecule has 0 bridgehead atoms. The lowest BCUT2D eigenvalue weighted by Crippen LogP contribution is -2.52. The number of sulfonamides is 1. The summed E-state index contributed by atoms with van der Waals surface area (Å²) >= 11 is 12.6. The molecule has 3 aromatic carbocycles. The number of aryl methyl sites for hydroxylation is 1. The van der Waals surface area contributed by atoms with Gasteiger partial charge < -0.3 is 15.0 Å². The van der Waals surface area contributed by atoms with E-state index in [2.05, 4.69) is 5.32 Å². The molecule has 0 saturated heterocycles. The zero-order valence-corrected chi connectivity index (χ0v) is 26.5. The largest absolute Gasteiger partial charge is 0.495 e. The van der Waals surface area contributed by atoms with E-state index in [1.807, 2.05) is 0 Å². The van der Waals surface area contributed by atoms with Gasteiger partial charge in [-0.2, -0.15) is 0 Å². The zero-order chi connectivity index (χ0) is 32.1. The molecule has 0 aliphatic heterocycles. The first-order chi connectivity index (χ1) is 20.2. The summed E-state index contributed by atoms with van der Waals surface area (Å²) in [7, 11) is -3.32. The predicted octanol–water partition coefficient (Wildman–Crippen LogP) is 5.36. The van der Waals surface area contributed by atoms with Crippen LogP contribution in [0.15, 0.2) is 65.6 Å². The fourth-order valence-electron chi connectivity index (χ4n) is 4.24. The number of benzene rings is 3. The third kappa shape index (κ3) is 7.95. The average Bonchev–Trinajstić information content (AvgIpc) is 2.94. The highest BCUT2D eigenvalue weighted by molar-refractivity contribution is 7.92. The van der Waals surface area contributed by atoms with Gasteiger partial charge in [0.2, 0.25) is 11.8 Å². The number of halogens is 2. The molecule has 1 atom stereocenters. The van der Waals surface area contributed by atoms with E-state index in [0.29, 0.717) is 10.6 Å². The smallest absolute Gasteiger partial charge is 0.273 e. The van der Waals surface area contributed by atoms with Crippen molar-refractivity contribution in [3.63, 3.8) is 0 Å². The molecule has 0 heterocycles. The molecule has 0 radical (unpaired) electrons. The second kappa shape index (κ2) is 14.1. The number of hydrogen-bond donors (Lipinski definition) is 1. The molecule has 0 saturated carbocycles. The van der Waals surface area contributed by atoms with Crippen molar-refractivity contribution < 1.29 is 27.7 Å². The van der Waals surface area contributed by atoms with E-state index in [1.54, 1.807) is 38.1 Å². The highest BCUT2D eigenvalue weighted by atomic mass is 35.5. The summed E-state index contributed by atoms with van der Waals surface area (Å²) in [6, 6.07) is 13.2. The van der Waals surface area contributed by atoms with Gasteiger partial charge in [0.15, 0.2) is 0 Å². The van der Waals surface area contributed by atoms with E-state index >= 15 is 0 Å². The van der Waals surface area contributed by atoms with E-state index < -0.39 is 49.9 Å². The van der Waals surface area contributed by atoms with Crippen molar-refractivity contribution in [3.05, 3.63) is 92.0 Å². The molecule has 0 unspecified atom stereocenters. The van der Waals surface area contributed by atoms with E-state index in [0.717, 1.165) is 10.4 Å². The van der Waals surface area contributed by atoms with Crippen LogP contribution in [0.2, 0.25) is 10.0 Å². The number of ether oxygens (including phenoxy) is 1. The van der Waals surface area contributed by atoms with Crippen molar-refractivity contribution in [1.29, 1.82) is 0 Å². The number of hydrogen-bond acceptors (Lipinski definition) is 7. The van der Waals surface area contributed by atoms with E-state index in [4.69, 9.17) is 27.9 Å². The minimum Gasteiger partial charge on any atom is -0.495 e. The Kier molecular flexibility index (Phi) is 11.0. The molecule has 3 aromatic rings. The number of methoxy groups -OCH3 is 1. The summed E-state index contributed by atoms with van der Waals surface area (Å²) < 4.78 is 34.5. The van der Waals surface area contributed by atoms with Crippen LogP contribution in [0.25, 0.3) is 0 Å². The number of amides is 2. The van der Waals surface area contributed by atoms with Crippen molar-refractivity contribution in [1.82, 2.24) is 10.2 Å². The fraction of sp³-hybridized carbons (Fsp3) is 0.310. The minimum absolute atomic E-state index is 0.0747. The molecule has 1 N–H and O–H groups in total. The number of nitrogens with zero attached hydrogens (tertiary/aromatic N) is 3.